The van der Waals surface area contributed by atoms with Crippen molar-refractivity contribution in [1.82, 2.24) is 4.98 Å². The van der Waals surface area contributed by atoms with Gasteiger partial charge in [-0.15, -0.1) is 11.3 Å². The van der Waals surface area contributed by atoms with Crippen molar-refractivity contribution in [2.24, 2.45) is 0 Å². The minimum absolute atomic E-state index is 0.0931. The zero-order valence-corrected chi connectivity index (χ0v) is 11.0. The lowest BCUT2D eigenvalue weighted by Gasteiger charge is -2.07. The van der Waals surface area contributed by atoms with E-state index >= 15 is 0 Å². The van der Waals surface area contributed by atoms with Crippen molar-refractivity contribution in [1.29, 1.82) is 0 Å². The maximum atomic E-state index is 14.0. The van der Waals surface area contributed by atoms with Crippen molar-refractivity contribution in [2.75, 3.05) is 0 Å². The minimum Gasteiger partial charge on any atom is -0.454 e. The Kier molecular flexibility index (Phi) is 3.43. The van der Waals surface area contributed by atoms with Gasteiger partial charge in [-0.2, -0.15) is 0 Å². The molecule has 0 saturated heterocycles. The van der Waals surface area contributed by atoms with E-state index in [1.54, 1.807) is 11.6 Å². The summed E-state index contributed by atoms with van der Waals surface area (Å²) in [6.07, 6.45) is 0. The molecule has 2 nitrogen and oxygen atoms in total. The van der Waals surface area contributed by atoms with Crippen LogP contribution in [0.25, 0.3) is 11.3 Å². The monoisotopic (exact) mass is 289 g/mol. The third kappa shape index (κ3) is 2.67. The normalized spacial score (nSPS) is 10.5. The molecule has 3 aromatic rings. The molecule has 0 atom stereocenters. The standard InChI is InChI=1S/C15H9F2NOS/c16-11-2-4-12(5-3-11)19-15-6-1-10(7-13(15)17)14-8-20-9-18-14/h1-9H. The van der Waals surface area contributed by atoms with E-state index in [4.69, 9.17) is 4.74 Å². The van der Waals surface area contributed by atoms with E-state index in [1.807, 2.05) is 5.38 Å². The molecule has 0 unspecified atom stereocenters. The molecule has 0 aliphatic heterocycles. The first kappa shape index (κ1) is 12.7. The van der Waals surface area contributed by atoms with Gasteiger partial charge in [-0.25, -0.2) is 13.8 Å². The Morgan fingerprint density at radius 3 is 2.45 bits per heavy atom. The number of rotatable bonds is 3. The van der Waals surface area contributed by atoms with Crippen LogP contribution >= 0.6 is 11.3 Å². The van der Waals surface area contributed by atoms with Crippen LogP contribution in [0.1, 0.15) is 0 Å². The second-order valence-electron chi connectivity index (χ2n) is 4.07. The fraction of sp³-hybridized carbons (Fsp3) is 0. The van der Waals surface area contributed by atoms with Crippen LogP contribution in [0.5, 0.6) is 11.5 Å². The van der Waals surface area contributed by atoms with Gasteiger partial charge in [0.15, 0.2) is 11.6 Å². The molecule has 0 amide bonds. The Morgan fingerprint density at radius 2 is 1.80 bits per heavy atom. The second-order valence-corrected chi connectivity index (χ2v) is 4.79. The summed E-state index contributed by atoms with van der Waals surface area (Å²) >= 11 is 1.45. The van der Waals surface area contributed by atoms with Gasteiger partial charge in [0.1, 0.15) is 11.6 Å². The summed E-state index contributed by atoms with van der Waals surface area (Å²) in [5, 5.41) is 1.84. The van der Waals surface area contributed by atoms with E-state index in [9.17, 15) is 8.78 Å². The van der Waals surface area contributed by atoms with Crippen LogP contribution in [0.4, 0.5) is 8.78 Å². The number of benzene rings is 2. The highest BCUT2D eigenvalue weighted by Gasteiger charge is 2.08. The van der Waals surface area contributed by atoms with Gasteiger partial charge in [0.25, 0.3) is 0 Å². The smallest absolute Gasteiger partial charge is 0.166 e. The summed E-state index contributed by atoms with van der Waals surface area (Å²) in [5.74, 6) is -0.376. The Hall–Kier alpha value is -2.27. The summed E-state index contributed by atoms with van der Waals surface area (Å²) in [6, 6.07) is 10.1. The molecule has 2 aromatic carbocycles. The first-order chi connectivity index (χ1) is 9.72. The molecule has 0 N–H and O–H groups in total. The zero-order chi connectivity index (χ0) is 13.9. The van der Waals surface area contributed by atoms with Crippen molar-refractivity contribution in [3.63, 3.8) is 0 Å². The van der Waals surface area contributed by atoms with E-state index in [0.29, 0.717) is 11.3 Å². The molecule has 0 spiro atoms. The zero-order valence-electron chi connectivity index (χ0n) is 10.2. The lowest BCUT2D eigenvalue weighted by Crippen LogP contribution is -1.89. The molecular weight excluding hydrogens is 280 g/mol. The van der Waals surface area contributed by atoms with Gasteiger partial charge < -0.3 is 4.74 Å². The number of aromatic nitrogens is 1. The largest absolute Gasteiger partial charge is 0.454 e. The highest BCUT2D eigenvalue weighted by Crippen LogP contribution is 2.28. The van der Waals surface area contributed by atoms with Gasteiger partial charge in [-0.3, -0.25) is 0 Å². The van der Waals surface area contributed by atoms with Crippen LogP contribution in [0.2, 0.25) is 0 Å². The Morgan fingerprint density at radius 1 is 1.00 bits per heavy atom. The molecule has 0 aliphatic carbocycles. The average molecular weight is 289 g/mol. The van der Waals surface area contributed by atoms with Crippen molar-refractivity contribution in [2.45, 2.75) is 0 Å². The first-order valence-corrected chi connectivity index (χ1v) is 6.78. The highest BCUT2D eigenvalue weighted by atomic mass is 32.1. The van der Waals surface area contributed by atoms with Gasteiger partial charge in [-0.1, -0.05) is 0 Å². The van der Waals surface area contributed by atoms with Crippen molar-refractivity contribution >= 4 is 11.3 Å². The second kappa shape index (κ2) is 5.38. The number of hydrogen-bond donors (Lipinski definition) is 0. The SMILES string of the molecule is Fc1ccc(Oc2ccc(-c3cscn3)cc2F)cc1. The number of nitrogens with zero attached hydrogens (tertiary/aromatic N) is 1. The molecule has 0 saturated carbocycles. The molecule has 5 heteroatoms. The average Bonchev–Trinajstić information content (AvgIpc) is 2.97. The Balaban J connectivity index is 1.86. The third-order valence-corrected chi connectivity index (χ3v) is 3.29. The Bertz CT molecular complexity index is 711. The van der Waals surface area contributed by atoms with Crippen LogP contribution in [-0.2, 0) is 0 Å². The fourth-order valence-corrected chi connectivity index (χ4v) is 2.29. The predicted molar refractivity (Wildman–Crippen MR) is 74.0 cm³/mol. The Labute approximate surface area is 118 Å². The fourth-order valence-electron chi connectivity index (χ4n) is 1.73. The number of hydrogen-bond acceptors (Lipinski definition) is 3. The summed E-state index contributed by atoms with van der Waals surface area (Å²) in [5.41, 5.74) is 3.10. The van der Waals surface area contributed by atoms with E-state index in [2.05, 4.69) is 4.98 Å². The molecule has 0 bridgehead atoms. The highest BCUT2D eigenvalue weighted by molar-refractivity contribution is 7.07. The van der Waals surface area contributed by atoms with E-state index < -0.39 is 5.82 Å². The molecule has 0 radical (unpaired) electrons. The van der Waals surface area contributed by atoms with Crippen LogP contribution in [-0.4, -0.2) is 4.98 Å². The molecule has 100 valence electrons. The van der Waals surface area contributed by atoms with Gasteiger partial charge in [0, 0.05) is 10.9 Å². The number of halogens is 2. The van der Waals surface area contributed by atoms with Crippen LogP contribution < -0.4 is 4.74 Å². The molecule has 1 aromatic heterocycles. The number of thiazole rings is 1. The minimum atomic E-state index is -0.486. The van der Waals surface area contributed by atoms with Crippen molar-refractivity contribution in [3.8, 4) is 22.8 Å². The van der Waals surface area contributed by atoms with Gasteiger partial charge in [-0.05, 0) is 42.5 Å². The molecule has 20 heavy (non-hydrogen) atoms. The lowest BCUT2D eigenvalue weighted by molar-refractivity contribution is 0.441. The summed E-state index contributed by atoms with van der Waals surface area (Å²) in [4.78, 5) is 4.12. The van der Waals surface area contributed by atoms with Crippen molar-refractivity contribution in [3.05, 3.63) is 65.0 Å². The van der Waals surface area contributed by atoms with E-state index in [0.717, 1.165) is 5.69 Å². The maximum absolute atomic E-state index is 14.0. The predicted octanol–water partition coefficient (Wildman–Crippen LogP) is 4.88. The quantitative estimate of drug-likeness (QED) is 0.685. The van der Waals surface area contributed by atoms with Gasteiger partial charge >= 0.3 is 0 Å². The summed E-state index contributed by atoms with van der Waals surface area (Å²) in [7, 11) is 0. The van der Waals surface area contributed by atoms with Gasteiger partial charge in [0.2, 0.25) is 0 Å². The van der Waals surface area contributed by atoms with E-state index in [-0.39, 0.29) is 11.6 Å². The van der Waals surface area contributed by atoms with Crippen LogP contribution in [0.15, 0.2) is 53.4 Å². The topological polar surface area (TPSA) is 22.1 Å². The summed E-state index contributed by atoms with van der Waals surface area (Å²) < 4.78 is 32.1. The molecule has 0 fully saturated rings. The van der Waals surface area contributed by atoms with Crippen LogP contribution in [0, 0.1) is 11.6 Å². The lowest BCUT2D eigenvalue weighted by atomic mass is 10.1. The summed E-state index contributed by atoms with van der Waals surface area (Å²) in [6.45, 7) is 0. The third-order valence-electron chi connectivity index (χ3n) is 2.70. The maximum Gasteiger partial charge on any atom is 0.166 e. The van der Waals surface area contributed by atoms with Crippen molar-refractivity contribution < 1.29 is 13.5 Å². The molecule has 1 heterocycles. The van der Waals surface area contributed by atoms with E-state index in [1.165, 1.54) is 47.7 Å². The molecule has 0 aliphatic rings. The molecular formula is C15H9F2NOS. The number of ether oxygens (including phenoxy) is 1. The van der Waals surface area contributed by atoms with Crippen LogP contribution in [0.3, 0.4) is 0 Å². The first-order valence-electron chi connectivity index (χ1n) is 5.84. The molecule has 3 rings (SSSR count). The van der Waals surface area contributed by atoms with Gasteiger partial charge in [0.05, 0.1) is 11.2 Å².